The SMILES string of the molecule is COc1ccc(C2OCC(C)(C)CO2)cc1Oc1ccc(C=C(Br)Br)cc1. The second-order valence-electron chi connectivity index (χ2n) is 7.13. The van der Waals surface area contributed by atoms with Gasteiger partial charge >= 0.3 is 0 Å². The van der Waals surface area contributed by atoms with Crippen molar-refractivity contribution in [2.75, 3.05) is 20.3 Å². The number of hydrogen-bond acceptors (Lipinski definition) is 4. The smallest absolute Gasteiger partial charge is 0.183 e. The molecule has 0 spiro atoms. The van der Waals surface area contributed by atoms with E-state index in [0.29, 0.717) is 24.7 Å². The number of benzene rings is 2. The van der Waals surface area contributed by atoms with Crippen LogP contribution in [0.4, 0.5) is 0 Å². The quantitative estimate of drug-likeness (QED) is 0.463. The van der Waals surface area contributed by atoms with E-state index in [4.69, 9.17) is 18.9 Å². The summed E-state index contributed by atoms with van der Waals surface area (Å²) in [5.74, 6) is 2.00. The molecule has 2 aromatic carbocycles. The van der Waals surface area contributed by atoms with Crippen LogP contribution in [0.25, 0.3) is 6.08 Å². The highest BCUT2D eigenvalue weighted by Crippen LogP contribution is 2.37. The van der Waals surface area contributed by atoms with Crippen molar-refractivity contribution in [1.82, 2.24) is 0 Å². The summed E-state index contributed by atoms with van der Waals surface area (Å²) in [4.78, 5) is 0. The Bertz CT molecular complexity index is 801. The minimum Gasteiger partial charge on any atom is -0.493 e. The zero-order valence-electron chi connectivity index (χ0n) is 15.5. The molecule has 1 aliphatic heterocycles. The molecule has 0 atom stereocenters. The monoisotopic (exact) mass is 496 g/mol. The maximum atomic E-state index is 6.05. The third-order valence-corrected chi connectivity index (χ3v) is 4.55. The van der Waals surface area contributed by atoms with Gasteiger partial charge in [-0.3, -0.25) is 0 Å². The van der Waals surface area contributed by atoms with Crippen LogP contribution in [0, 0.1) is 5.41 Å². The van der Waals surface area contributed by atoms with Crippen LogP contribution >= 0.6 is 31.9 Å². The van der Waals surface area contributed by atoms with Gasteiger partial charge in [0.2, 0.25) is 0 Å². The second-order valence-corrected chi connectivity index (χ2v) is 9.91. The van der Waals surface area contributed by atoms with Gasteiger partial charge in [0.25, 0.3) is 0 Å². The van der Waals surface area contributed by atoms with Gasteiger partial charge in [-0.15, -0.1) is 0 Å². The molecule has 0 aliphatic carbocycles. The highest BCUT2D eigenvalue weighted by Gasteiger charge is 2.29. The standard InChI is InChI=1S/C21H22Br2O4/c1-21(2)12-25-20(26-13-21)15-6-9-17(24-3)18(11-15)27-16-7-4-14(5-8-16)10-19(22)23/h4-11,20H,12-13H2,1-3H3. The Kier molecular flexibility index (Phi) is 6.63. The molecule has 1 aliphatic rings. The van der Waals surface area contributed by atoms with Crippen molar-refractivity contribution >= 4 is 37.9 Å². The first-order valence-corrected chi connectivity index (χ1v) is 10.2. The average Bonchev–Trinajstić information content (AvgIpc) is 2.63. The first kappa shape index (κ1) is 20.4. The van der Waals surface area contributed by atoms with Gasteiger partial charge in [-0.25, -0.2) is 0 Å². The average molecular weight is 498 g/mol. The van der Waals surface area contributed by atoms with Crippen molar-refractivity contribution in [3.8, 4) is 17.2 Å². The summed E-state index contributed by atoms with van der Waals surface area (Å²) < 4.78 is 24.1. The molecule has 0 unspecified atom stereocenters. The molecule has 0 aromatic heterocycles. The molecule has 1 fully saturated rings. The lowest BCUT2D eigenvalue weighted by molar-refractivity contribution is -0.226. The van der Waals surface area contributed by atoms with Gasteiger partial charge in [0.05, 0.1) is 23.7 Å². The summed E-state index contributed by atoms with van der Waals surface area (Å²) in [7, 11) is 1.62. The van der Waals surface area contributed by atoms with Gasteiger partial charge in [-0.05, 0) is 67.8 Å². The summed E-state index contributed by atoms with van der Waals surface area (Å²) in [6.07, 6.45) is 1.57. The van der Waals surface area contributed by atoms with Crippen molar-refractivity contribution < 1.29 is 18.9 Å². The Morgan fingerprint density at radius 1 is 1.04 bits per heavy atom. The van der Waals surface area contributed by atoms with E-state index in [-0.39, 0.29) is 5.41 Å². The summed E-state index contributed by atoms with van der Waals surface area (Å²) in [6.45, 7) is 5.55. The van der Waals surface area contributed by atoms with Crippen LogP contribution < -0.4 is 9.47 Å². The highest BCUT2D eigenvalue weighted by atomic mass is 79.9. The Labute approximate surface area is 176 Å². The molecule has 0 saturated carbocycles. The van der Waals surface area contributed by atoms with Crippen molar-refractivity contribution in [2.45, 2.75) is 20.1 Å². The molecule has 6 heteroatoms. The van der Waals surface area contributed by atoms with Crippen LogP contribution in [0.5, 0.6) is 17.2 Å². The molecule has 0 radical (unpaired) electrons. The Hall–Kier alpha value is -1.34. The molecule has 2 aromatic rings. The van der Waals surface area contributed by atoms with E-state index in [1.165, 1.54) is 0 Å². The first-order chi connectivity index (χ1) is 12.9. The number of hydrogen-bond donors (Lipinski definition) is 0. The molecular weight excluding hydrogens is 476 g/mol. The van der Waals surface area contributed by atoms with Crippen LogP contribution in [0.15, 0.2) is 45.9 Å². The Morgan fingerprint density at radius 2 is 1.70 bits per heavy atom. The van der Waals surface area contributed by atoms with Gasteiger partial charge in [0.15, 0.2) is 17.8 Å². The van der Waals surface area contributed by atoms with Crippen molar-refractivity contribution in [2.24, 2.45) is 5.41 Å². The lowest BCUT2D eigenvalue weighted by Crippen LogP contribution is -2.33. The van der Waals surface area contributed by atoms with Gasteiger partial charge in [0.1, 0.15) is 5.75 Å². The van der Waals surface area contributed by atoms with Gasteiger partial charge in [0, 0.05) is 11.0 Å². The molecule has 0 N–H and O–H groups in total. The van der Waals surface area contributed by atoms with E-state index in [0.717, 1.165) is 20.3 Å². The first-order valence-electron chi connectivity index (χ1n) is 8.58. The maximum Gasteiger partial charge on any atom is 0.183 e. The summed E-state index contributed by atoms with van der Waals surface area (Å²) in [6, 6.07) is 13.5. The normalized spacial score (nSPS) is 16.6. The van der Waals surface area contributed by atoms with E-state index in [9.17, 15) is 0 Å². The predicted octanol–water partition coefficient (Wildman–Crippen LogP) is 6.65. The van der Waals surface area contributed by atoms with E-state index in [2.05, 4.69) is 45.7 Å². The van der Waals surface area contributed by atoms with Gasteiger partial charge < -0.3 is 18.9 Å². The van der Waals surface area contributed by atoms with E-state index in [1.54, 1.807) is 7.11 Å². The number of methoxy groups -OCH3 is 1. The lowest BCUT2D eigenvalue weighted by atomic mass is 9.95. The number of ether oxygens (including phenoxy) is 4. The molecule has 144 valence electrons. The fraction of sp³-hybridized carbons (Fsp3) is 0.333. The predicted molar refractivity (Wildman–Crippen MR) is 114 cm³/mol. The molecular formula is C21H22Br2O4. The molecule has 0 amide bonds. The minimum atomic E-state index is -0.393. The van der Waals surface area contributed by atoms with Crippen molar-refractivity contribution in [3.63, 3.8) is 0 Å². The van der Waals surface area contributed by atoms with Gasteiger partial charge in [-0.1, -0.05) is 32.0 Å². The molecule has 0 bridgehead atoms. The van der Waals surface area contributed by atoms with Crippen LogP contribution in [-0.4, -0.2) is 20.3 Å². The summed E-state index contributed by atoms with van der Waals surface area (Å²) in [5, 5.41) is 0. The zero-order chi connectivity index (χ0) is 19.4. The second kappa shape index (κ2) is 8.78. The Morgan fingerprint density at radius 3 is 2.30 bits per heavy atom. The lowest BCUT2D eigenvalue weighted by Gasteiger charge is -2.34. The molecule has 3 rings (SSSR count). The molecule has 27 heavy (non-hydrogen) atoms. The minimum absolute atomic E-state index is 0.0304. The topological polar surface area (TPSA) is 36.9 Å². The van der Waals surface area contributed by atoms with Crippen LogP contribution in [0.3, 0.4) is 0 Å². The molecule has 4 nitrogen and oxygen atoms in total. The largest absolute Gasteiger partial charge is 0.493 e. The van der Waals surface area contributed by atoms with Crippen LogP contribution in [0.1, 0.15) is 31.3 Å². The zero-order valence-corrected chi connectivity index (χ0v) is 18.7. The van der Waals surface area contributed by atoms with Crippen LogP contribution in [0.2, 0.25) is 0 Å². The fourth-order valence-corrected chi connectivity index (χ4v) is 3.22. The van der Waals surface area contributed by atoms with E-state index < -0.39 is 6.29 Å². The third kappa shape index (κ3) is 5.57. The van der Waals surface area contributed by atoms with E-state index >= 15 is 0 Å². The van der Waals surface area contributed by atoms with Crippen molar-refractivity contribution in [1.29, 1.82) is 0 Å². The number of rotatable bonds is 5. The number of halogens is 2. The van der Waals surface area contributed by atoms with E-state index in [1.807, 2.05) is 48.5 Å². The fourth-order valence-electron chi connectivity index (χ4n) is 2.69. The molecule has 1 heterocycles. The van der Waals surface area contributed by atoms with Crippen LogP contribution in [-0.2, 0) is 9.47 Å². The molecule has 1 saturated heterocycles. The van der Waals surface area contributed by atoms with Gasteiger partial charge in [-0.2, -0.15) is 0 Å². The van der Waals surface area contributed by atoms with Crippen molar-refractivity contribution in [3.05, 3.63) is 57.0 Å². The third-order valence-electron chi connectivity index (χ3n) is 4.09. The highest BCUT2D eigenvalue weighted by molar-refractivity contribution is 9.28. The maximum absolute atomic E-state index is 6.05. The summed E-state index contributed by atoms with van der Waals surface area (Å²) >= 11 is 6.72. The summed E-state index contributed by atoms with van der Waals surface area (Å²) in [5.41, 5.74) is 1.99. The Balaban J connectivity index is 1.79.